The molecule has 2 N–H and O–H groups in total. The summed E-state index contributed by atoms with van der Waals surface area (Å²) in [5.74, 6) is -0.310. The maximum atomic E-state index is 13.8. The Morgan fingerprint density at radius 2 is 1.97 bits per heavy atom. The van der Waals surface area contributed by atoms with E-state index < -0.39 is 11.7 Å². The standard InChI is InChI=1S/C25H31ClFN5O2/c1-15-13-31(6-7-32(15)25(34)29-11-18-4-5-18)14-20-8-21(26)10-23(16(20)2)30-24(33)19-9-22(27)17(3)28-12-19/h8-10,12,15,18H,4-7,11,13-14H2,1-3H3,(H,29,34)(H,30,33). The summed E-state index contributed by atoms with van der Waals surface area (Å²) in [4.78, 5) is 33.3. The van der Waals surface area contributed by atoms with Gasteiger partial charge in [0.15, 0.2) is 0 Å². The lowest BCUT2D eigenvalue weighted by atomic mass is 10.0. The summed E-state index contributed by atoms with van der Waals surface area (Å²) < 4.78 is 13.8. The van der Waals surface area contributed by atoms with Gasteiger partial charge in [-0.2, -0.15) is 0 Å². The van der Waals surface area contributed by atoms with Crippen LogP contribution in [0.4, 0.5) is 14.9 Å². The van der Waals surface area contributed by atoms with E-state index in [-0.39, 0.29) is 23.3 Å². The van der Waals surface area contributed by atoms with Crippen LogP contribution >= 0.6 is 11.6 Å². The summed E-state index contributed by atoms with van der Waals surface area (Å²) in [7, 11) is 0. The van der Waals surface area contributed by atoms with Gasteiger partial charge in [-0.3, -0.25) is 14.7 Å². The van der Waals surface area contributed by atoms with E-state index in [0.717, 1.165) is 30.8 Å². The van der Waals surface area contributed by atoms with Crippen molar-refractivity contribution >= 4 is 29.2 Å². The van der Waals surface area contributed by atoms with Crippen molar-refractivity contribution in [1.29, 1.82) is 0 Å². The Kier molecular flexibility index (Phi) is 7.38. The van der Waals surface area contributed by atoms with E-state index in [1.165, 1.54) is 25.1 Å². The summed E-state index contributed by atoms with van der Waals surface area (Å²) in [6.45, 7) is 9.12. The van der Waals surface area contributed by atoms with Crippen LogP contribution in [0.2, 0.25) is 5.02 Å². The van der Waals surface area contributed by atoms with Crippen molar-refractivity contribution in [3.05, 3.63) is 57.6 Å². The molecule has 182 valence electrons. The average molecular weight is 488 g/mol. The van der Waals surface area contributed by atoms with Gasteiger partial charge in [0, 0.05) is 55.7 Å². The topological polar surface area (TPSA) is 77.6 Å². The molecule has 2 aromatic rings. The van der Waals surface area contributed by atoms with Gasteiger partial charge in [0.1, 0.15) is 5.82 Å². The van der Waals surface area contributed by atoms with Crippen molar-refractivity contribution < 1.29 is 14.0 Å². The molecule has 2 heterocycles. The number of aryl methyl sites for hydroxylation is 1. The first kappa shape index (κ1) is 24.4. The summed E-state index contributed by atoms with van der Waals surface area (Å²) in [6.07, 6.45) is 3.78. The molecule has 2 aliphatic rings. The zero-order chi connectivity index (χ0) is 24.4. The van der Waals surface area contributed by atoms with Crippen molar-refractivity contribution in [3.8, 4) is 0 Å². The fourth-order valence-corrected chi connectivity index (χ4v) is 4.47. The zero-order valence-electron chi connectivity index (χ0n) is 19.8. The minimum atomic E-state index is -0.523. The molecule has 1 aliphatic heterocycles. The Hall–Kier alpha value is -2.71. The molecule has 1 aromatic heterocycles. The van der Waals surface area contributed by atoms with Crippen LogP contribution in [0.15, 0.2) is 24.4 Å². The molecule has 0 bridgehead atoms. The number of benzene rings is 1. The SMILES string of the molecule is Cc1ncc(C(=O)Nc2cc(Cl)cc(CN3CCN(C(=O)NCC4CC4)C(C)C3)c2C)cc1F. The van der Waals surface area contributed by atoms with E-state index in [1.54, 1.807) is 13.0 Å². The minimum Gasteiger partial charge on any atom is -0.338 e. The summed E-state index contributed by atoms with van der Waals surface area (Å²) in [6, 6.07) is 4.89. The van der Waals surface area contributed by atoms with E-state index in [4.69, 9.17) is 11.6 Å². The van der Waals surface area contributed by atoms with Gasteiger partial charge in [-0.25, -0.2) is 9.18 Å². The fourth-order valence-electron chi connectivity index (χ4n) is 4.23. The number of amides is 3. The smallest absolute Gasteiger partial charge is 0.317 e. The van der Waals surface area contributed by atoms with Crippen LogP contribution in [0, 0.1) is 25.6 Å². The molecule has 1 aliphatic carbocycles. The van der Waals surface area contributed by atoms with Crippen molar-refractivity contribution in [1.82, 2.24) is 20.1 Å². The van der Waals surface area contributed by atoms with Gasteiger partial charge in [-0.15, -0.1) is 0 Å². The van der Waals surface area contributed by atoms with Crippen LogP contribution in [0.3, 0.4) is 0 Å². The van der Waals surface area contributed by atoms with Crippen LogP contribution in [0.5, 0.6) is 0 Å². The number of pyridine rings is 1. The number of anilines is 1. The van der Waals surface area contributed by atoms with Crippen molar-refractivity contribution in [2.45, 2.75) is 46.2 Å². The van der Waals surface area contributed by atoms with Crippen LogP contribution in [-0.2, 0) is 6.54 Å². The Morgan fingerprint density at radius 1 is 1.21 bits per heavy atom. The van der Waals surface area contributed by atoms with Gasteiger partial charge in [-0.1, -0.05) is 11.6 Å². The molecule has 1 atom stereocenters. The maximum Gasteiger partial charge on any atom is 0.317 e. The Bertz CT molecular complexity index is 1090. The number of nitrogens with zero attached hydrogens (tertiary/aromatic N) is 3. The molecule has 1 aromatic carbocycles. The molecule has 0 radical (unpaired) electrons. The number of piperazine rings is 1. The third kappa shape index (κ3) is 5.85. The van der Waals surface area contributed by atoms with Crippen LogP contribution in [0.1, 0.15) is 46.9 Å². The second-order valence-electron chi connectivity index (χ2n) is 9.39. The van der Waals surface area contributed by atoms with Crippen LogP contribution in [0.25, 0.3) is 0 Å². The summed E-state index contributed by atoms with van der Waals surface area (Å²) in [5, 5.41) is 6.40. The Balaban J connectivity index is 1.40. The molecule has 0 spiro atoms. The number of urea groups is 1. The molecular weight excluding hydrogens is 457 g/mol. The Labute approximate surface area is 204 Å². The normalized spacial score (nSPS) is 18.6. The fraction of sp³-hybridized carbons (Fsp3) is 0.480. The first-order valence-corrected chi connectivity index (χ1v) is 12.1. The number of hydrogen-bond donors (Lipinski definition) is 2. The van der Waals surface area contributed by atoms with Crippen molar-refractivity contribution in [2.24, 2.45) is 5.92 Å². The third-order valence-corrected chi connectivity index (χ3v) is 6.84. The Morgan fingerprint density at radius 3 is 2.65 bits per heavy atom. The lowest BCUT2D eigenvalue weighted by Crippen LogP contribution is -2.56. The molecule has 1 unspecified atom stereocenters. The average Bonchev–Trinajstić information content (AvgIpc) is 3.62. The highest BCUT2D eigenvalue weighted by atomic mass is 35.5. The van der Waals surface area contributed by atoms with E-state index in [9.17, 15) is 14.0 Å². The van der Waals surface area contributed by atoms with Gasteiger partial charge in [0.25, 0.3) is 5.91 Å². The number of halogens is 2. The quantitative estimate of drug-likeness (QED) is 0.634. The lowest BCUT2D eigenvalue weighted by molar-refractivity contribution is 0.0973. The second-order valence-corrected chi connectivity index (χ2v) is 9.83. The monoisotopic (exact) mass is 487 g/mol. The first-order chi connectivity index (χ1) is 16.2. The molecule has 2 fully saturated rings. The molecule has 3 amide bonds. The largest absolute Gasteiger partial charge is 0.338 e. The molecule has 7 nitrogen and oxygen atoms in total. The third-order valence-electron chi connectivity index (χ3n) is 6.62. The van der Waals surface area contributed by atoms with Crippen LogP contribution in [-0.4, -0.2) is 58.9 Å². The second kappa shape index (κ2) is 10.3. The lowest BCUT2D eigenvalue weighted by Gasteiger charge is -2.40. The van der Waals surface area contributed by atoms with Gasteiger partial charge in [0.2, 0.25) is 0 Å². The van der Waals surface area contributed by atoms with E-state index in [2.05, 4.69) is 27.4 Å². The number of carbonyl (C=O) groups excluding carboxylic acids is 2. The van der Waals surface area contributed by atoms with Crippen molar-refractivity contribution in [2.75, 3.05) is 31.5 Å². The zero-order valence-corrected chi connectivity index (χ0v) is 20.6. The molecule has 4 rings (SSSR count). The molecule has 34 heavy (non-hydrogen) atoms. The van der Waals surface area contributed by atoms with Crippen molar-refractivity contribution in [3.63, 3.8) is 0 Å². The molecule has 1 saturated heterocycles. The van der Waals surface area contributed by atoms with Crippen LogP contribution < -0.4 is 10.6 Å². The number of rotatable bonds is 6. The maximum absolute atomic E-state index is 13.8. The number of carbonyl (C=O) groups is 2. The van der Waals surface area contributed by atoms with Gasteiger partial charge in [-0.05, 0) is 68.9 Å². The van der Waals surface area contributed by atoms with Gasteiger partial charge >= 0.3 is 6.03 Å². The molecule has 1 saturated carbocycles. The highest BCUT2D eigenvalue weighted by Gasteiger charge is 2.29. The van der Waals surface area contributed by atoms with Gasteiger partial charge < -0.3 is 15.5 Å². The highest BCUT2D eigenvalue weighted by molar-refractivity contribution is 6.31. The van der Waals surface area contributed by atoms with E-state index in [1.807, 2.05) is 17.9 Å². The minimum absolute atomic E-state index is 0.0185. The number of hydrogen-bond acceptors (Lipinski definition) is 4. The summed E-state index contributed by atoms with van der Waals surface area (Å²) in [5.41, 5.74) is 2.87. The summed E-state index contributed by atoms with van der Waals surface area (Å²) >= 11 is 6.37. The number of nitrogens with one attached hydrogen (secondary N) is 2. The predicted molar refractivity (Wildman–Crippen MR) is 131 cm³/mol. The first-order valence-electron chi connectivity index (χ1n) is 11.7. The predicted octanol–water partition coefficient (Wildman–Crippen LogP) is 4.37. The van der Waals surface area contributed by atoms with E-state index in [0.29, 0.717) is 29.7 Å². The van der Waals surface area contributed by atoms with Gasteiger partial charge in [0.05, 0.1) is 11.3 Å². The number of aromatic nitrogens is 1. The van der Waals surface area contributed by atoms with E-state index >= 15 is 0 Å². The molecular formula is C25H31ClFN5O2. The highest BCUT2D eigenvalue weighted by Crippen LogP contribution is 2.28. The molecule has 9 heteroatoms.